The maximum absolute atomic E-state index is 11.7. The van der Waals surface area contributed by atoms with E-state index in [9.17, 15) is 19.7 Å². The number of carbonyl (C=O) groups excluding carboxylic acids is 2. The smallest absolute Gasteiger partial charge is 0.316 e. The summed E-state index contributed by atoms with van der Waals surface area (Å²) < 4.78 is 4.87. The third-order valence-electron chi connectivity index (χ3n) is 3.10. The summed E-state index contributed by atoms with van der Waals surface area (Å²) in [6.07, 6.45) is 0. The molecule has 2 rings (SSSR count). The van der Waals surface area contributed by atoms with E-state index in [1.165, 1.54) is 6.07 Å². The van der Waals surface area contributed by atoms with Gasteiger partial charge in [0.15, 0.2) is 6.61 Å². The van der Waals surface area contributed by atoms with Crippen molar-refractivity contribution in [1.29, 1.82) is 0 Å². The van der Waals surface area contributed by atoms with Crippen LogP contribution < -0.4 is 5.32 Å². The molecule has 0 spiro atoms. The molecule has 0 aliphatic heterocycles. The molecule has 0 aliphatic rings. The SMILES string of the molecule is O=C(COC(=O)CSc1ccccc1[N+](=O)[O-])NCc1ccccc1. The molecule has 0 aromatic heterocycles. The van der Waals surface area contributed by atoms with Crippen molar-refractivity contribution in [2.75, 3.05) is 12.4 Å². The molecule has 8 heteroatoms. The lowest BCUT2D eigenvalue weighted by Crippen LogP contribution is -2.28. The van der Waals surface area contributed by atoms with Gasteiger partial charge in [-0.05, 0) is 11.6 Å². The number of ether oxygens (including phenoxy) is 1. The number of nitro benzene ring substituents is 1. The zero-order valence-corrected chi connectivity index (χ0v) is 14.0. The number of thioether (sulfide) groups is 1. The van der Waals surface area contributed by atoms with Gasteiger partial charge >= 0.3 is 5.97 Å². The molecule has 25 heavy (non-hydrogen) atoms. The van der Waals surface area contributed by atoms with Gasteiger partial charge in [-0.15, -0.1) is 11.8 Å². The van der Waals surface area contributed by atoms with Crippen LogP contribution in [-0.4, -0.2) is 29.2 Å². The molecule has 0 atom stereocenters. The lowest BCUT2D eigenvalue weighted by atomic mass is 10.2. The molecule has 0 bridgehead atoms. The fourth-order valence-electron chi connectivity index (χ4n) is 1.90. The third-order valence-corrected chi connectivity index (χ3v) is 4.14. The minimum Gasteiger partial charge on any atom is -0.455 e. The number of para-hydroxylation sites is 1. The molecule has 0 heterocycles. The zero-order valence-electron chi connectivity index (χ0n) is 13.2. The fraction of sp³-hybridized carbons (Fsp3) is 0.176. The van der Waals surface area contributed by atoms with E-state index in [-0.39, 0.29) is 18.0 Å². The Hall–Kier alpha value is -2.87. The van der Waals surface area contributed by atoms with Crippen LogP contribution in [0, 0.1) is 10.1 Å². The van der Waals surface area contributed by atoms with Gasteiger partial charge in [0.05, 0.1) is 15.6 Å². The second-order valence-corrected chi connectivity index (χ2v) is 5.95. The van der Waals surface area contributed by atoms with Gasteiger partial charge in [0.2, 0.25) is 0 Å². The van der Waals surface area contributed by atoms with Crippen molar-refractivity contribution < 1.29 is 19.2 Å². The van der Waals surface area contributed by atoms with Crippen LogP contribution in [-0.2, 0) is 20.9 Å². The molecule has 0 saturated carbocycles. The molecule has 7 nitrogen and oxygen atoms in total. The summed E-state index contributed by atoms with van der Waals surface area (Å²) in [7, 11) is 0. The topological polar surface area (TPSA) is 98.5 Å². The molecule has 0 saturated heterocycles. The first-order valence-corrected chi connectivity index (χ1v) is 8.37. The van der Waals surface area contributed by atoms with E-state index in [0.29, 0.717) is 11.4 Å². The van der Waals surface area contributed by atoms with Crippen LogP contribution in [0.25, 0.3) is 0 Å². The van der Waals surface area contributed by atoms with Crippen molar-refractivity contribution in [1.82, 2.24) is 5.32 Å². The van der Waals surface area contributed by atoms with E-state index < -0.39 is 16.8 Å². The summed E-state index contributed by atoms with van der Waals surface area (Å²) in [5.41, 5.74) is 0.870. The minimum absolute atomic E-state index is 0.0686. The normalized spacial score (nSPS) is 10.1. The summed E-state index contributed by atoms with van der Waals surface area (Å²) in [6, 6.07) is 15.5. The lowest BCUT2D eigenvalue weighted by molar-refractivity contribution is -0.387. The quantitative estimate of drug-likeness (QED) is 0.336. The Balaban J connectivity index is 1.72. The highest BCUT2D eigenvalue weighted by Gasteiger charge is 2.15. The standard InChI is InChI=1S/C17H16N2O5S/c20-16(18-10-13-6-2-1-3-7-13)11-24-17(21)12-25-15-9-5-4-8-14(15)19(22)23/h1-9H,10-12H2,(H,18,20). The van der Waals surface area contributed by atoms with E-state index in [1.54, 1.807) is 18.2 Å². The average molecular weight is 360 g/mol. The van der Waals surface area contributed by atoms with Crippen LogP contribution in [0.4, 0.5) is 5.69 Å². The van der Waals surface area contributed by atoms with Crippen LogP contribution in [0.2, 0.25) is 0 Å². The first-order chi connectivity index (χ1) is 12.1. The predicted octanol–water partition coefficient (Wildman–Crippen LogP) is 2.55. The molecule has 0 radical (unpaired) electrons. The van der Waals surface area contributed by atoms with Gasteiger partial charge in [-0.2, -0.15) is 0 Å². The molecule has 1 amide bonds. The number of nitro groups is 1. The second-order valence-electron chi connectivity index (χ2n) is 4.94. The van der Waals surface area contributed by atoms with Gasteiger partial charge in [-0.25, -0.2) is 0 Å². The van der Waals surface area contributed by atoms with Gasteiger partial charge in [-0.1, -0.05) is 42.5 Å². The first kappa shape index (κ1) is 18.5. The maximum atomic E-state index is 11.7. The van der Waals surface area contributed by atoms with E-state index in [2.05, 4.69) is 5.32 Å². The third kappa shape index (κ3) is 6.27. The molecule has 1 N–H and O–H groups in total. The predicted molar refractivity (Wildman–Crippen MR) is 93.1 cm³/mol. The Morgan fingerprint density at radius 2 is 1.76 bits per heavy atom. The molecule has 130 valence electrons. The van der Waals surface area contributed by atoms with Crippen LogP contribution in [0.1, 0.15) is 5.56 Å². The van der Waals surface area contributed by atoms with E-state index in [4.69, 9.17) is 4.74 Å². The van der Waals surface area contributed by atoms with Crippen LogP contribution in [0.5, 0.6) is 0 Å². The zero-order chi connectivity index (χ0) is 18.1. The molecular formula is C17H16N2O5S. The number of hydrogen-bond acceptors (Lipinski definition) is 6. The Morgan fingerprint density at radius 3 is 2.48 bits per heavy atom. The van der Waals surface area contributed by atoms with Crippen LogP contribution in [0.3, 0.4) is 0 Å². The monoisotopic (exact) mass is 360 g/mol. The van der Waals surface area contributed by atoms with Gasteiger partial charge in [0.1, 0.15) is 0 Å². The highest BCUT2D eigenvalue weighted by Crippen LogP contribution is 2.28. The van der Waals surface area contributed by atoms with Gasteiger partial charge < -0.3 is 10.1 Å². The number of benzene rings is 2. The van der Waals surface area contributed by atoms with Gasteiger partial charge in [0, 0.05) is 12.6 Å². The number of rotatable bonds is 8. The van der Waals surface area contributed by atoms with Crippen molar-refractivity contribution in [2.24, 2.45) is 0 Å². The van der Waals surface area contributed by atoms with Gasteiger partial charge in [-0.3, -0.25) is 19.7 Å². The number of nitrogens with one attached hydrogen (secondary N) is 1. The average Bonchev–Trinajstić information content (AvgIpc) is 2.64. The van der Waals surface area contributed by atoms with Crippen LogP contribution in [0.15, 0.2) is 59.5 Å². The number of amides is 1. The maximum Gasteiger partial charge on any atom is 0.316 e. The number of esters is 1. The van der Waals surface area contributed by atoms with E-state index >= 15 is 0 Å². The van der Waals surface area contributed by atoms with Gasteiger partial charge in [0.25, 0.3) is 11.6 Å². The van der Waals surface area contributed by atoms with Crippen molar-refractivity contribution in [3.63, 3.8) is 0 Å². The van der Waals surface area contributed by atoms with Crippen molar-refractivity contribution in [2.45, 2.75) is 11.4 Å². The second kappa shape index (κ2) is 9.43. The summed E-state index contributed by atoms with van der Waals surface area (Å²) >= 11 is 0.997. The number of hydrogen-bond donors (Lipinski definition) is 1. The number of nitrogens with zero attached hydrogens (tertiary/aromatic N) is 1. The summed E-state index contributed by atoms with van der Waals surface area (Å²) in [5, 5.41) is 13.5. The van der Waals surface area contributed by atoms with Crippen molar-refractivity contribution in [3.8, 4) is 0 Å². The van der Waals surface area contributed by atoms with Crippen molar-refractivity contribution in [3.05, 3.63) is 70.3 Å². The largest absolute Gasteiger partial charge is 0.455 e. The van der Waals surface area contributed by atoms with Crippen molar-refractivity contribution >= 4 is 29.3 Å². The molecule has 0 fully saturated rings. The summed E-state index contributed by atoms with van der Waals surface area (Å²) in [4.78, 5) is 34.1. The molecule has 0 aliphatic carbocycles. The lowest BCUT2D eigenvalue weighted by Gasteiger charge is -2.07. The fourth-order valence-corrected chi connectivity index (χ4v) is 2.72. The Bertz CT molecular complexity index is 752. The Labute approximate surface area is 148 Å². The Kier molecular flexibility index (Phi) is 6.97. The van der Waals surface area contributed by atoms with E-state index in [1.807, 2.05) is 30.3 Å². The summed E-state index contributed by atoms with van der Waals surface area (Å²) in [6.45, 7) is -0.0364. The summed E-state index contributed by atoms with van der Waals surface area (Å²) in [5.74, 6) is -1.14. The molecule has 2 aromatic rings. The highest BCUT2D eigenvalue weighted by atomic mass is 32.2. The molecule has 2 aromatic carbocycles. The minimum atomic E-state index is -0.613. The Morgan fingerprint density at radius 1 is 1.08 bits per heavy atom. The molecular weight excluding hydrogens is 344 g/mol. The molecule has 0 unspecified atom stereocenters. The van der Waals surface area contributed by atoms with Crippen LogP contribution >= 0.6 is 11.8 Å². The first-order valence-electron chi connectivity index (χ1n) is 7.38. The number of carbonyl (C=O) groups is 2. The van der Waals surface area contributed by atoms with E-state index in [0.717, 1.165) is 17.3 Å². The highest BCUT2D eigenvalue weighted by molar-refractivity contribution is 8.00.